The Hall–Kier alpha value is -1.28. The van der Waals surface area contributed by atoms with Crippen molar-refractivity contribution in [2.45, 2.75) is 45.1 Å². The molecule has 1 aromatic carbocycles. The second kappa shape index (κ2) is 5.01. The van der Waals surface area contributed by atoms with E-state index in [1.807, 2.05) is 0 Å². The predicted octanol–water partition coefficient (Wildman–Crippen LogP) is 4.12. The van der Waals surface area contributed by atoms with E-state index in [1.54, 1.807) is 0 Å². The van der Waals surface area contributed by atoms with Crippen LogP contribution in [0.25, 0.3) is 10.9 Å². The van der Waals surface area contributed by atoms with Gasteiger partial charge in [-0.1, -0.05) is 26.3 Å². The third-order valence-corrected chi connectivity index (χ3v) is 4.44. The molecule has 1 aromatic heterocycles. The predicted molar refractivity (Wildman–Crippen MR) is 81.6 cm³/mol. The number of aryl methyl sites for hydroxylation is 1. The smallest absolute Gasteiger partial charge is 0.0480 e. The lowest BCUT2D eigenvalue weighted by Crippen LogP contribution is -2.28. The van der Waals surface area contributed by atoms with Crippen LogP contribution in [0.15, 0.2) is 24.3 Å². The van der Waals surface area contributed by atoms with Crippen molar-refractivity contribution in [3.8, 4) is 0 Å². The van der Waals surface area contributed by atoms with E-state index in [4.69, 9.17) is 0 Å². The third kappa shape index (κ3) is 2.30. The van der Waals surface area contributed by atoms with Gasteiger partial charge < -0.3 is 9.88 Å². The van der Waals surface area contributed by atoms with Crippen molar-refractivity contribution >= 4 is 10.9 Å². The van der Waals surface area contributed by atoms with Gasteiger partial charge in [0.2, 0.25) is 0 Å². The van der Waals surface area contributed by atoms with Crippen molar-refractivity contribution in [2.75, 3.05) is 6.54 Å². The van der Waals surface area contributed by atoms with Crippen LogP contribution >= 0.6 is 0 Å². The molecule has 2 aromatic rings. The van der Waals surface area contributed by atoms with E-state index < -0.39 is 0 Å². The van der Waals surface area contributed by atoms with Crippen molar-refractivity contribution in [1.29, 1.82) is 0 Å². The molecular weight excluding hydrogens is 232 g/mol. The van der Waals surface area contributed by atoms with E-state index in [0.717, 1.165) is 6.54 Å². The number of nitrogens with one attached hydrogen (secondary N) is 1. The summed E-state index contributed by atoms with van der Waals surface area (Å²) in [6, 6.07) is 9.81. The highest BCUT2D eigenvalue weighted by Gasteiger charge is 2.19. The van der Waals surface area contributed by atoms with Gasteiger partial charge in [-0.2, -0.15) is 0 Å². The van der Waals surface area contributed by atoms with Gasteiger partial charge in [-0.25, -0.2) is 0 Å². The second-order valence-electron chi connectivity index (χ2n) is 6.10. The van der Waals surface area contributed by atoms with E-state index in [9.17, 15) is 0 Å². The minimum atomic E-state index is 0.536. The van der Waals surface area contributed by atoms with Gasteiger partial charge in [-0.3, -0.25) is 0 Å². The SMILES string of the molecule is CC(C)c1ccc2c(c1)cc(C1CCCCN1)n2C. The molecule has 1 atom stereocenters. The highest BCUT2D eigenvalue weighted by Crippen LogP contribution is 2.30. The number of aromatic nitrogens is 1. The second-order valence-corrected chi connectivity index (χ2v) is 6.10. The molecular formula is C17H24N2. The Morgan fingerprint density at radius 1 is 1.21 bits per heavy atom. The molecule has 0 radical (unpaired) electrons. The average molecular weight is 256 g/mol. The normalized spacial score (nSPS) is 20.3. The molecule has 0 bridgehead atoms. The minimum Gasteiger partial charge on any atom is -0.346 e. The monoisotopic (exact) mass is 256 g/mol. The molecule has 102 valence electrons. The number of fused-ring (bicyclic) bond motifs is 1. The molecule has 0 aliphatic carbocycles. The van der Waals surface area contributed by atoms with Crippen LogP contribution < -0.4 is 5.32 Å². The first-order valence-electron chi connectivity index (χ1n) is 7.49. The summed E-state index contributed by atoms with van der Waals surface area (Å²) < 4.78 is 2.36. The van der Waals surface area contributed by atoms with Crippen molar-refractivity contribution in [2.24, 2.45) is 7.05 Å². The van der Waals surface area contributed by atoms with Gasteiger partial charge in [0.25, 0.3) is 0 Å². The van der Waals surface area contributed by atoms with Gasteiger partial charge in [0.15, 0.2) is 0 Å². The average Bonchev–Trinajstić information content (AvgIpc) is 2.76. The number of benzene rings is 1. The van der Waals surface area contributed by atoms with Crippen molar-refractivity contribution in [3.63, 3.8) is 0 Å². The van der Waals surface area contributed by atoms with Crippen molar-refractivity contribution < 1.29 is 0 Å². The first kappa shape index (κ1) is 12.7. The maximum atomic E-state index is 3.65. The van der Waals surface area contributed by atoms with E-state index in [1.165, 1.54) is 41.4 Å². The first-order chi connectivity index (χ1) is 9.16. The molecule has 1 saturated heterocycles. The molecule has 0 spiro atoms. The largest absolute Gasteiger partial charge is 0.346 e. The zero-order valence-corrected chi connectivity index (χ0v) is 12.2. The number of rotatable bonds is 2. The topological polar surface area (TPSA) is 17.0 Å². The summed E-state index contributed by atoms with van der Waals surface area (Å²) in [4.78, 5) is 0. The molecule has 3 rings (SSSR count). The maximum Gasteiger partial charge on any atom is 0.0480 e. The maximum absolute atomic E-state index is 3.65. The summed E-state index contributed by atoms with van der Waals surface area (Å²) in [6.07, 6.45) is 3.93. The quantitative estimate of drug-likeness (QED) is 0.855. The zero-order chi connectivity index (χ0) is 13.4. The third-order valence-electron chi connectivity index (χ3n) is 4.44. The van der Waals surface area contributed by atoms with Crippen LogP contribution in [-0.2, 0) is 7.05 Å². The molecule has 2 heterocycles. The number of nitrogens with zero attached hydrogens (tertiary/aromatic N) is 1. The molecule has 2 nitrogen and oxygen atoms in total. The summed E-state index contributed by atoms with van der Waals surface area (Å²) in [7, 11) is 2.20. The highest BCUT2D eigenvalue weighted by molar-refractivity contribution is 5.82. The van der Waals surface area contributed by atoms with E-state index in [-0.39, 0.29) is 0 Å². The molecule has 1 aliphatic rings. The summed E-state index contributed by atoms with van der Waals surface area (Å²) in [5, 5.41) is 5.04. The molecule has 0 amide bonds. The van der Waals surface area contributed by atoms with E-state index >= 15 is 0 Å². The lowest BCUT2D eigenvalue weighted by molar-refractivity contribution is 0.399. The molecule has 0 saturated carbocycles. The summed E-state index contributed by atoms with van der Waals surface area (Å²) in [5.74, 6) is 0.598. The Balaban J connectivity index is 2.03. The van der Waals surface area contributed by atoms with Crippen LogP contribution in [-0.4, -0.2) is 11.1 Å². The lowest BCUT2D eigenvalue weighted by atomic mass is 10.0. The Kier molecular flexibility index (Phi) is 3.36. The van der Waals surface area contributed by atoms with Gasteiger partial charge in [0, 0.05) is 29.7 Å². The van der Waals surface area contributed by atoms with Gasteiger partial charge in [-0.05, 0) is 49.1 Å². The summed E-state index contributed by atoms with van der Waals surface area (Å²) in [5.41, 5.74) is 4.23. The summed E-state index contributed by atoms with van der Waals surface area (Å²) >= 11 is 0. The zero-order valence-electron chi connectivity index (χ0n) is 12.2. The molecule has 1 aliphatic heterocycles. The van der Waals surface area contributed by atoms with Crippen LogP contribution in [0.2, 0.25) is 0 Å². The Bertz CT molecular complexity index is 574. The molecule has 1 fully saturated rings. The van der Waals surface area contributed by atoms with Crippen LogP contribution in [0.1, 0.15) is 56.3 Å². The Morgan fingerprint density at radius 3 is 2.74 bits per heavy atom. The highest BCUT2D eigenvalue weighted by atomic mass is 15.0. The standard InChI is InChI=1S/C17H24N2/c1-12(2)13-7-8-16-14(10-13)11-17(19(16)3)15-6-4-5-9-18-15/h7-8,10-12,15,18H,4-6,9H2,1-3H3. The van der Waals surface area contributed by atoms with Gasteiger partial charge >= 0.3 is 0 Å². The number of hydrogen-bond acceptors (Lipinski definition) is 1. The fourth-order valence-electron chi connectivity index (χ4n) is 3.19. The minimum absolute atomic E-state index is 0.536. The van der Waals surface area contributed by atoms with E-state index in [2.05, 4.69) is 55.0 Å². The number of hydrogen-bond donors (Lipinski definition) is 1. The van der Waals surface area contributed by atoms with Gasteiger partial charge in [0.05, 0.1) is 0 Å². The van der Waals surface area contributed by atoms with Gasteiger partial charge in [0.1, 0.15) is 0 Å². The van der Waals surface area contributed by atoms with Crippen molar-refractivity contribution in [1.82, 2.24) is 9.88 Å². The molecule has 2 heteroatoms. The lowest BCUT2D eigenvalue weighted by Gasteiger charge is -2.24. The van der Waals surface area contributed by atoms with Crippen LogP contribution in [0, 0.1) is 0 Å². The first-order valence-corrected chi connectivity index (χ1v) is 7.49. The van der Waals surface area contributed by atoms with E-state index in [0.29, 0.717) is 12.0 Å². The molecule has 1 N–H and O–H groups in total. The van der Waals surface area contributed by atoms with Crippen LogP contribution in [0.3, 0.4) is 0 Å². The molecule has 1 unspecified atom stereocenters. The number of piperidine rings is 1. The van der Waals surface area contributed by atoms with Gasteiger partial charge in [-0.15, -0.1) is 0 Å². The fourth-order valence-corrected chi connectivity index (χ4v) is 3.19. The molecule has 19 heavy (non-hydrogen) atoms. The summed E-state index contributed by atoms with van der Waals surface area (Å²) in [6.45, 7) is 5.67. The fraction of sp³-hybridized carbons (Fsp3) is 0.529. The van der Waals surface area contributed by atoms with Crippen LogP contribution in [0.5, 0.6) is 0 Å². The Labute approximate surface area is 115 Å². The van der Waals surface area contributed by atoms with Crippen LogP contribution in [0.4, 0.5) is 0 Å². The van der Waals surface area contributed by atoms with Crippen molar-refractivity contribution in [3.05, 3.63) is 35.5 Å². The Morgan fingerprint density at radius 2 is 2.05 bits per heavy atom.